The number of halogens is 1. The summed E-state index contributed by atoms with van der Waals surface area (Å²) >= 11 is 5.46. The van der Waals surface area contributed by atoms with E-state index in [4.69, 9.17) is 11.6 Å². The Morgan fingerprint density at radius 3 is 2.38 bits per heavy atom. The molecule has 0 aliphatic rings. The molecule has 1 aromatic heterocycles. The van der Waals surface area contributed by atoms with Crippen LogP contribution in [0.4, 0.5) is 0 Å². The Labute approximate surface area is 127 Å². The van der Waals surface area contributed by atoms with Crippen molar-refractivity contribution in [3.8, 4) is 0 Å². The van der Waals surface area contributed by atoms with Gasteiger partial charge in [0.25, 0.3) is 0 Å². The molecule has 0 N–H and O–H groups in total. The number of hydrogen-bond acceptors (Lipinski definition) is 2. The van der Waals surface area contributed by atoms with E-state index in [1.807, 2.05) is 13.8 Å². The van der Waals surface area contributed by atoms with Gasteiger partial charge in [0.1, 0.15) is 0 Å². The van der Waals surface area contributed by atoms with Crippen molar-refractivity contribution in [3.63, 3.8) is 0 Å². The van der Waals surface area contributed by atoms with Gasteiger partial charge in [-0.05, 0) is 6.92 Å². The van der Waals surface area contributed by atoms with Crippen molar-refractivity contribution < 1.29 is 56.2 Å². The van der Waals surface area contributed by atoms with Gasteiger partial charge in [0.2, 0.25) is 0 Å². The molecule has 0 radical (unpaired) electrons. The molecule has 66 valence electrons. The van der Waals surface area contributed by atoms with E-state index in [1.165, 1.54) is 19.2 Å². The van der Waals surface area contributed by atoms with Gasteiger partial charge in [0.15, 0.2) is 0 Å². The summed E-state index contributed by atoms with van der Waals surface area (Å²) in [6.07, 6.45) is 1.41. The molecule has 1 aromatic rings. The number of nitrogens with zero attached hydrogens (tertiary/aromatic N) is 1. The number of carbonyl (C=O) groups excluding carboxylic acids is 1. The molecule has 0 aliphatic carbocycles. The zero-order valence-electron chi connectivity index (χ0n) is 8.39. The third-order valence-corrected chi connectivity index (χ3v) is 1.25. The van der Waals surface area contributed by atoms with Crippen molar-refractivity contribution in [2.45, 2.75) is 20.8 Å². The third-order valence-electron chi connectivity index (χ3n) is 1.04. The molecule has 4 heteroatoms. The monoisotopic (exact) mass is 223 g/mol. The minimum absolute atomic E-state index is 0. The molecule has 0 atom stereocenters. The van der Waals surface area contributed by atoms with Crippen LogP contribution in [-0.2, 0) is 0 Å². The number of carbonyl (C=O) groups is 1. The van der Waals surface area contributed by atoms with Gasteiger partial charge in [-0.15, -0.1) is 23.7 Å². The maximum Gasteiger partial charge on any atom is 1.00 e. The summed E-state index contributed by atoms with van der Waals surface area (Å²) in [6.45, 7) is 5.46. The standard InChI is InChI=1S/C7H5ClNO.C2H6.K/c1-5(10)6-2-3-7(8)9-4-6;1-2;/h3-4H,1H3;1-2H3;/q-1;;+1. The zero-order valence-corrected chi connectivity index (χ0v) is 12.3. The van der Waals surface area contributed by atoms with Crippen molar-refractivity contribution in [3.05, 3.63) is 29.0 Å². The van der Waals surface area contributed by atoms with E-state index in [-0.39, 0.29) is 57.2 Å². The average molecular weight is 224 g/mol. The van der Waals surface area contributed by atoms with Gasteiger partial charge in [-0.2, -0.15) is 0 Å². The molecular weight excluding hydrogens is 213 g/mol. The molecule has 0 bridgehead atoms. The van der Waals surface area contributed by atoms with Gasteiger partial charge in [-0.3, -0.25) is 0 Å². The SMILES string of the molecule is CC.CC(=O)c1[c-]cc(Cl)nc1.[K+]. The fourth-order valence-electron chi connectivity index (χ4n) is 0.531. The van der Waals surface area contributed by atoms with E-state index < -0.39 is 0 Å². The van der Waals surface area contributed by atoms with Crippen LogP contribution in [0.1, 0.15) is 31.1 Å². The first-order valence-electron chi connectivity index (χ1n) is 3.74. The Kier molecular flexibility index (Phi) is 11.6. The van der Waals surface area contributed by atoms with Crippen LogP contribution in [0.5, 0.6) is 0 Å². The van der Waals surface area contributed by atoms with E-state index in [9.17, 15) is 4.79 Å². The quantitative estimate of drug-likeness (QED) is 0.285. The molecule has 0 spiro atoms. The second-order valence-electron chi connectivity index (χ2n) is 1.84. The number of hydrogen-bond donors (Lipinski definition) is 0. The fraction of sp³-hybridized carbons (Fsp3) is 0.333. The summed E-state index contributed by atoms with van der Waals surface area (Å²) in [4.78, 5) is 14.4. The Bertz CT molecular complexity index is 248. The second-order valence-corrected chi connectivity index (χ2v) is 2.23. The summed E-state index contributed by atoms with van der Waals surface area (Å²) in [5.74, 6) is -0.0517. The molecule has 1 heterocycles. The van der Waals surface area contributed by atoms with Crippen molar-refractivity contribution in [1.82, 2.24) is 4.98 Å². The van der Waals surface area contributed by atoms with Crippen molar-refractivity contribution in [2.24, 2.45) is 0 Å². The smallest absolute Gasteiger partial charge is 0.352 e. The Morgan fingerprint density at radius 2 is 2.08 bits per heavy atom. The molecule has 0 amide bonds. The Hall–Kier alpha value is 0.746. The van der Waals surface area contributed by atoms with E-state index >= 15 is 0 Å². The zero-order chi connectivity index (χ0) is 9.56. The normalized spacial score (nSPS) is 7.69. The summed E-state index contributed by atoms with van der Waals surface area (Å²) < 4.78 is 0. The van der Waals surface area contributed by atoms with Crippen LogP contribution in [0.25, 0.3) is 0 Å². The summed E-state index contributed by atoms with van der Waals surface area (Å²) in [6, 6.07) is 4.16. The van der Waals surface area contributed by atoms with Gasteiger partial charge in [0.05, 0.1) is 5.78 Å². The van der Waals surface area contributed by atoms with Gasteiger partial charge >= 0.3 is 51.4 Å². The van der Waals surface area contributed by atoms with Crippen LogP contribution in [0.2, 0.25) is 5.15 Å². The van der Waals surface area contributed by atoms with Crippen LogP contribution in [0.15, 0.2) is 12.3 Å². The van der Waals surface area contributed by atoms with Gasteiger partial charge < -0.3 is 9.78 Å². The molecule has 2 nitrogen and oxygen atoms in total. The molecule has 0 unspecified atom stereocenters. The fourth-order valence-corrected chi connectivity index (χ4v) is 0.634. The number of aromatic nitrogens is 1. The van der Waals surface area contributed by atoms with E-state index in [0.717, 1.165) is 0 Å². The molecular formula is C9H11ClKNO. The van der Waals surface area contributed by atoms with Crippen molar-refractivity contribution in [2.75, 3.05) is 0 Å². The van der Waals surface area contributed by atoms with Crippen LogP contribution in [-0.4, -0.2) is 10.8 Å². The molecule has 0 saturated carbocycles. The predicted molar refractivity (Wildman–Crippen MR) is 49.4 cm³/mol. The minimum Gasteiger partial charge on any atom is -0.352 e. The van der Waals surface area contributed by atoms with Crippen LogP contribution >= 0.6 is 11.6 Å². The van der Waals surface area contributed by atoms with Gasteiger partial charge in [0, 0.05) is 5.15 Å². The number of rotatable bonds is 1. The van der Waals surface area contributed by atoms with E-state index in [0.29, 0.717) is 10.7 Å². The summed E-state index contributed by atoms with van der Waals surface area (Å²) in [5.41, 5.74) is 0.462. The Balaban J connectivity index is 0. The summed E-state index contributed by atoms with van der Waals surface area (Å²) in [5, 5.41) is 0.352. The Morgan fingerprint density at radius 1 is 1.54 bits per heavy atom. The maximum atomic E-state index is 10.6. The summed E-state index contributed by atoms with van der Waals surface area (Å²) in [7, 11) is 0. The molecule has 13 heavy (non-hydrogen) atoms. The molecule has 0 saturated heterocycles. The molecule has 1 rings (SSSR count). The first-order valence-corrected chi connectivity index (χ1v) is 4.12. The van der Waals surface area contributed by atoms with Crippen LogP contribution in [0, 0.1) is 6.07 Å². The van der Waals surface area contributed by atoms with Crippen LogP contribution < -0.4 is 51.4 Å². The average Bonchev–Trinajstić information content (AvgIpc) is 2.09. The molecule has 0 aliphatic heterocycles. The maximum absolute atomic E-state index is 10.6. The number of Topliss-reactive ketones (excluding diaryl/α,β-unsaturated/α-hetero) is 1. The first kappa shape index (κ1) is 16.2. The predicted octanol–water partition coefficient (Wildman–Crippen LogP) is -0.232. The minimum atomic E-state index is -0.0517. The molecule has 0 fully saturated rings. The van der Waals surface area contributed by atoms with Gasteiger partial charge in [-0.1, -0.05) is 25.6 Å². The van der Waals surface area contributed by atoms with E-state index in [2.05, 4.69) is 11.1 Å². The first-order chi connectivity index (χ1) is 5.70. The molecule has 0 aromatic carbocycles. The van der Waals surface area contributed by atoms with Crippen LogP contribution in [0.3, 0.4) is 0 Å². The second kappa shape index (κ2) is 9.31. The number of ketones is 1. The van der Waals surface area contributed by atoms with E-state index in [1.54, 1.807) is 0 Å². The van der Waals surface area contributed by atoms with Crippen molar-refractivity contribution >= 4 is 17.4 Å². The van der Waals surface area contributed by atoms with Crippen molar-refractivity contribution in [1.29, 1.82) is 0 Å². The topological polar surface area (TPSA) is 30.0 Å². The third kappa shape index (κ3) is 6.77. The number of pyridine rings is 1. The van der Waals surface area contributed by atoms with Gasteiger partial charge in [-0.25, -0.2) is 0 Å². The largest absolute Gasteiger partial charge is 1.00 e.